The zero-order valence-corrected chi connectivity index (χ0v) is 11.3. The summed E-state index contributed by atoms with van der Waals surface area (Å²) in [5, 5.41) is 4.27. The summed E-state index contributed by atoms with van der Waals surface area (Å²) in [6.07, 6.45) is 1.60. The molecule has 0 amide bonds. The van der Waals surface area contributed by atoms with Gasteiger partial charge in [0.25, 0.3) is 0 Å². The number of nitrogens with one attached hydrogen (secondary N) is 1. The topological polar surface area (TPSA) is 72.5 Å². The van der Waals surface area contributed by atoms with E-state index < -0.39 is 9.84 Å². The Morgan fingerprint density at radius 3 is 2.89 bits per heavy atom. The molecule has 1 aromatic carbocycles. The minimum Gasteiger partial charge on any atom is -0.462 e. The fraction of sp³-hybridized carbons (Fsp3) is 0.308. The van der Waals surface area contributed by atoms with Gasteiger partial charge in [-0.15, -0.1) is 0 Å². The maximum absolute atomic E-state index is 11.6. The van der Waals surface area contributed by atoms with Crippen molar-refractivity contribution >= 4 is 21.5 Å². The average Bonchev–Trinajstić information content (AvgIpc) is 2.69. The molecule has 0 aromatic heterocycles. The van der Waals surface area contributed by atoms with Crippen LogP contribution in [0.2, 0.25) is 0 Å². The zero-order chi connectivity index (χ0) is 13.9. The van der Waals surface area contributed by atoms with Gasteiger partial charge in [0.15, 0.2) is 9.84 Å². The molecular weight excluding hydrogens is 266 g/mol. The Labute approximate surface area is 112 Å². The number of anilines is 1. The van der Waals surface area contributed by atoms with Crippen LogP contribution in [0.4, 0.5) is 5.69 Å². The third-order valence-electron chi connectivity index (χ3n) is 2.66. The molecule has 1 heterocycles. The van der Waals surface area contributed by atoms with Crippen LogP contribution in [-0.4, -0.2) is 32.8 Å². The van der Waals surface area contributed by atoms with E-state index in [1.54, 1.807) is 37.3 Å². The second-order valence-corrected chi connectivity index (χ2v) is 6.14. The van der Waals surface area contributed by atoms with Crippen LogP contribution < -0.4 is 5.32 Å². The second-order valence-electron chi connectivity index (χ2n) is 4.21. The van der Waals surface area contributed by atoms with Crippen molar-refractivity contribution in [1.29, 1.82) is 0 Å². The fourth-order valence-electron chi connectivity index (χ4n) is 1.83. The van der Waals surface area contributed by atoms with E-state index in [-0.39, 0.29) is 17.8 Å². The Hall–Kier alpha value is -1.82. The number of sulfone groups is 1. The van der Waals surface area contributed by atoms with E-state index in [4.69, 9.17) is 4.74 Å². The number of rotatable bonds is 4. The van der Waals surface area contributed by atoms with Gasteiger partial charge in [-0.25, -0.2) is 13.2 Å². The summed E-state index contributed by atoms with van der Waals surface area (Å²) in [6.45, 7) is 2.06. The Bertz CT molecular complexity index is 607. The van der Waals surface area contributed by atoms with Gasteiger partial charge in [-0.3, -0.25) is 0 Å². The first-order valence-corrected chi connectivity index (χ1v) is 7.66. The lowest BCUT2D eigenvalue weighted by Crippen LogP contribution is -2.21. The minimum atomic E-state index is -3.09. The summed E-state index contributed by atoms with van der Waals surface area (Å²) in [5.74, 6) is -0.350. The molecule has 19 heavy (non-hydrogen) atoms. The first-order chi connectivity index (χ1) is 9.00. The van der Waals surface area contributed by atoms with E-state index in [1.165, 1.54) is 5.41 Å². The lowest BCUT2D eigenvalue weighted by Gasteiger charge is -2.12. The Kier molecular flexibility index (Phi) is 3.90. The van der Waals surface area contributed by atoms with Crippen molar-refractivity contribution < 1.29 is 17.9 Å². The summed E-state index contributed by atoms with van der Waals surface area (Å²) < 4.78 is 27.5. The molecule has 0 radical (unpaired) electrons. The minimum absolute atomic E-state index is 0.0383. The van der Waals surface area contributed by atoms with E-state index in [0.29, 0.717) is 17.9 Å². The molecule has 1 aliphatic heterocycles. The highest BCUT2D eigenvalue weighted by atomic mass is 32.2. The lowest BCUT2D eigenvalue weighted by atomic mass is 10.2. The van der Waals surface area contributed by atoms with Crippen molar-refractivity contribution in [3.05, 3.63) is 41.3 Å². The zero-order valence-electron chi connectivity index (χ0n) is 10.5. The number of ether oxygens (including phenoxy) is 1. The fourth-order valence-corrected chi connectivity index (χ4v) is 3.07. The van der Waals surface area contributed by atoms with Crippen LogP contribution in [0.5, 0.6) is 0 Å². The largest absolute Gasteiger partial charge is 0.462 e. The van der Waals surface area contributed by atoms with Gasteiger partial charge in [0.2, 0.25) is 0 Å². The molecule has 0 fully saturated rings. The monoisotopic (exact) mass is 281 g/mol. The molecule has 1 atom stereocenters. The second kappa shape index (κ2) is 5.44. The quantitative estimate of drug-likeness (QED) is 0.848. The average molecular weight is 281 g/mol. The van der Waals surface area contributed by atoms with Gasteiger partial charge < -0.3 is 10.1 Å². The number of carbonyl (C=O) groups excluding carboxylic acids is 1. The number of esters is 1. The van der Waals surface area contributed by atoms with E-state index in [2.05, 4.69) is 5.32 Å². The molecule has 6 heteroatoms. The number of carbonyl (C=O) groups is 1. The van der Waals surface area contributed by atoms with Crippen molar-refractivity contribution in [3.8, 4) is 0 Å². The van der Waals surface area contributed by atoms with Crippen molar-refractivity contribution in [2.45, 2.75) is 13.0 Å². The first-order valence-electron chi connectivity index (χ1n) is 5.95. The molecule has 0 spiro atoms. The standard InChI is InChI=1S/C13H15NO4S/c1-2-18-13(15)10-4-3-5-11(8-10)14-12-6-7-19(16,17)9-12/h3-8,12,14H,2,9H2,1H3. The smallest absolute Gasteiger partial charge is 0.338 e. The Morgan fingerprint density at radius 2 is 2.26 bits per heavy atom. The molecule has 0 saturated carbocycles. The van der Waals surface area contributed by atoms with E-state index in [0.717, 1.165) is 0 Å². The Balaban J connectivity index is 2.08. The van der Waals surface area contributed by atoms with Crippen molar-refractivity contribution in [2.24, 2.45) is 0 Å². The molecule has 1 aromatic rings. The predicted octanol–water partition coefficient (Wildman–Crippen LogP) is 1.59. The van der Waals surface area contributed by atoms with Crippen LogP contribution in [0.3, 0.4) is 0 Å². The summed E-state index contributed by atoms with van der Waals surface area (Å²) in [5.41, 5.74) is 1.13. The normalized spacial score (nSPS) is 20.2. The van der Waals surface area contributed by atoms with E-state index >= 15 is 0 Å². The van der Waals surface area contributed by atoms with Gasteiger partial charge in [-0.1, -0.05) is 12.1 Å². The number of hydrogen-bond acceptors (Lipinski definition) is 5. The summed E-state index contributed by atoms with van der Waals surface area (Å²) in [7, 11) is -3.09. The van der Waals surface area contributed by atoms with Crippen LogP contribution in [0.1, 0.15) is 17.3 Å². The van der Waals surface area contributed by atoms with Crippen LogP contribution in [0.25, 0.3) is 0 Å². The highest BCUT2D eigenvalue weighted by Gasteiger charge is 2.21. The SMILES string of the molecule is CCOC(=O)c1cccc(NC2C=CS(=O)(=O)C2)c1. The van der Waals surface area contributed by atoms with Gasteiger partial charge in [0, 0.05) is 11.1 Å². The maximum atomic E-state index is 11.6. The van der Waals surface area contributed by atoms with Crippen LogP contribution in [-0.2, 0) is 14.6 Å². The van der Waals surface area contributed by atoms with E-state index in [1.807, 2.05) is 0 Å². The van der Waals surface area contributed by atoms with E-state index in [9.17, 15) is 13.2 Å². The summed E-state index contributed by atoms with van der Waals surface area (Å²) >= 11 is 0. The van der Waals surface area contributed by atoms with Crippen molar-refractivity contribution in [1.82, 2.24) is 0 Å². The van der Waals surface area contributed by atoms with Crippen LogP contribution >= 0.6 is 0 Å². The molecule has 1 aliphatic rings. The van der Waals surface area contributed by atoms with Crippen LogP contribution in [0.15, 0.2) is 35.7 Å². The summed E-state index contributed by atoms with van der Waals surface area (Å²) in [4.78, 5) is 11.6. The van der Waals surface area contributed by atoms with Gasteiger partial charge >= 0.3 is 5.97 Å². The number of hydrogen-bond donors (Lipinski definition) is 1. The molecule has 1 N–H and O–H groups in total. The molecule has 1 unspecified atom stereocenters. The first kappa shape index (κ1) is 13.6. The Morgan fingerprint density at radius 1 is 1.47 bits per heavy atom. The molecule has 0 bridgehead atoms. The van der Waals surface area contributed by atoms with Gasteiger partial charge in [0.1, 0.15) is 0 Å². The van der Waals surface area contributed by atoms with Crippen molar-refractivity contribution in [2.75, 3.05) is 17.7 Å². The molecule has 5 nitrogen and oxygen atoms in total. The lowest BCUT2D eigenvalue weighted by molar-refractivity contribution is 0.0526. The third-order valence-corrected chi connectivity index (χ3v) is 4.05. The van der Waals surface area contributed by atoms with Gasteiger partial charge in [0.05, 0.1) is 24.0 Å². The highest BCUT2D eigenvalue weighted by Crippen LogP contribution is 2.17. The molecule has 0 saturated heterocycles. The molecule has 102 valence electrons. The number of benzene rings is 1. The van der Waals surface area contributed by atoms with Crippen LogP contribution in [0, 0.1) is 0 Å². The predicted molar refractivity (Wildman–Crippen MR) is 72.7 cm³/mol. The molecule has 2 rings (SSSR count). The highest BCUT2D eigenvalue weighted by molar-refractivity contribution is 7.94. The van der Waals surface area contributed by atoms with Gasteiger partial charge in [-0.05, 0) is 25.1 Å². The molecular formula is C13H15NO4S. The maximum Gasteiger partial charge on any atom is 0.338 e. The summed E-state index contributed by atoms with van der Waals surface area (Å²) in [6, 6.07) is 6.55. The van der Waals surface area contributed by atoms with Gasteiger partial charge in [-0.2, -0.15) is 0 Å². The van der Waals surface area contributed by atoms with Crippen molar-refractivity contribution in [3.63, 3.8) is 0 Å². The third kappa shape index (κ3) is 3.57. The molecule has 0 aliphatic carbocycles.